The van der Waals surface area contributed by atoms with Gasteiger partial charge in [0.25, 0.3) is 0 Å². The van der Waals surface area contributed by atoms with Crippen LogP contribution in [0.4, 0.5) is 5.69 Å². The molecule has 0 radical (unpaired) electrons. The zero-order valence-corrected chi connectivity index (χ0v) is 12.1. The van der Waals surface area contributed by atoms with Gasteiger partial charge in [0.15, 0.2) is 0 Å². The SMILES string of the molecule is c1csc(-c2[nH]ncc2CNc2ccc3[nH]ccc3c2)c1. The highest BCUT2D eigenvalue weighted by molar-refractivity contribution is 7.13. The highest BCUT2D eigenvalue weighted by Crippen LogP contribution is 2.26. The minimum absolute atomic E-state index is 0.750. The number of thiophene rings is 1. The molecule has 0 spiro atoms. The molecule has 0 bridgehead atoms. The summed E-state index contributed by atoms with van der Waals surface area (Å²) in [5, 5.41) is 14.0. The van der Waals surface area contributed by atoms with Gasteiger partial charge < -0.3 is 10.3 Å². The third-order valence-corrected chi connectivity index (χ3v) is 4.41. The van der Waals surface area contributed by atoms with Gasteiger partial charge in [0.1, 0.15) is 0 Å². The molecule has 4 aromatic rings. The molecule has 0 aliphatic rings. The van der Waals surface area contributed by atoms with Gasteiger partial charge in [-0.2, -0.15) is 5.10 Å². The Bertz CT molecular complexity index is 857. The lowest BCUT2D eigenvalue weighted by molar-refractivity contribution is 1.10. The van der Waals surface area contributed by atoms with Crippen LogP contribution >= 0.6 is 11.3 Å². The molecule has 21 heavy (non-hydrogen) atoms. The largest absolute Gasteiger partial charge is 0.381 e. The average molecular weight is 294 g/mol. The molecule has 3 aromatic heterocycles. The Hall–Kier alpha value is -2.53. The first kappa shape index (κ1) is 12.2. The summed E-state index contributed by atoms with van der Waals surface area (Å²) >= 11 is 1.72. The number of H-pyrrole nitrogens is 2. The first-order chi connectivity index (χ1) is 10.4. The fourth-order valence-corrected chi connectivity index (χ4v) is 3.20. The molecule has 4 rings (SSSR count). The number of aromatic amines is 2. The number of rotatable bonds is 4. The number of benzene rings is 1. The molecule has 1 aromatic carbocycles. The van der Waals surface area contributed by atoms with E-state index in [2.05, 4.69) is 62.3 Å². The van der Waals surface area contributed by atoms with Crippen molar-refractivity contribution in [2.45, 2.75) is 6.54 Å². The molecule has 0 saturated heterocycles. The number of hydrogen-bond acceptors (Lipinski definition) is 3. The Balaban J connectivity index is 1.55. The summed E-state index contributed by atoms with van der Waals surface area (Å²) in [6.45, 7) is 0.750. The maximum Gasteiger partial charge on any atom is 0.0799 e. The van der Waals surface area contributed by atoms with Crippen LogP contribution in [0.3, 0.4) is 0 Å². The van der Waals surface area contributed by atoms with Crippen LogP contribution in [0.15, 0.2) is 54.2 Å². The fourth-order valence-electron chi connectivity index (χ4n) is 2.44. The molecule has 0 amide bonds. The van der Waals surface area contributed by atoms with E-state index in [1.807, 2.05) is 12.4 Å². The number of nitrogens with one attached hydrogen (secondary N) is 3. The molecule has 104 valence electrons. The van der Waals surface area contributed by atoms with Gasteiger partial charge in [0, 0.05) is 34.9 Å². The van der Waals surface area contributed by atoms with E-state index in [0.717, 1.165) is 23.4 Å². The van der Waals surface area contributed by atoms with Crippen molar-refractivity contribution in [2.24, 2.45) is 0 Å². The van der Waals surface area contributed by atoms with E-state index in [-0.39, 0.29) is 0 Å². The van der Waals surface area contributed by atoms with E-state index in [4.69, 9.17) is 0 Å². The minimum Gasteiger partial charge on any atom is -0.381 e. The second kappa shape index (κ2) is 5.10. The van der Waals surface area contributed by atoms with Crippen molar-refractivity contribution in [3.63, 3.8) is 0 Å². The lowest BCUT2D eigenvalue weighted by Gasteiger charge is -2.06. The van der Waals surface area contributed by atoms with Crippen molar-refractivity contribution < 1.29 is 0 Å². The van der Waals surface area contributed by atoms with Crippen molar-refractivity contribution in [1.29, 1.82) is 0 Å². The molecule has 0 aliphatic heterocycles. The Morgan fingerprint density at radius 2 is 2.19 bits per heavy atom. The predicted octanol–water partition coefficient (Wildman–Crippen LogP) is 4.23. The van der Waals surface area contributed by atoms with Gasteiger partial charge in [0.05, 0.1) is 16.8 Å². The number of hydrogen-bond donors (Lipinski definition) is 3. The van der Waals surface area contributed by atoms with Crippen molar-refractivity contribution >= 4 is 27.9 Å². The average Bonchev–Trinajstić information content (AvgIpc) is 3.24. The van der Waals surface area contributed by atoms with Gasteiger partial charge in [-0.15, -0.1) is 11.3 Å². The van der Waals surface area contributed by atoms with Gasteiger partial charge >= 0.3 is 0 Å². The van der Waals surface area contributed by atoms with Gasteiger partial charge in [-0.3, -0.25) is 5.10 Å². The highest BCUT2D eigenvalue weighted by Gasteiger charge is 2.08. The van der Waals surface area contributed by atoms with Crippen LogP contribution in [0.25, 0.3) is 21.5 Å². The molecule has 5 heteroatoms. The van der Waals surface area contributed by atoms with E-state index in [1.165, 1.54) is 15.8 Å². The molecule has 0 unspecified atom stereocenters. The third kappa shape index (κ3) is 2.32. The monoisotopic (exact) mass is 294 g/mol. The zero-order valence-electron chi connectivity index (χ0n) is 11.3. The Labute approximate surface area is 125 Å². The molecule has 0 fully saturated rings. The maximum atomic E-state index is 4.17. The molecular weight excluding hydrogens is 280 g/mol. The van der Waals surface area contributed by atoms with Crippen LogP contribution in [0.1, 0.15) is 5.56 Å². The zero-order chi connectivity index (χ0) is 14.1. The second-order valence-corrected chi connectivity index (χ2v) is 5.83. The maximum absolute atomic E-state index is 4.17. The van der Waals surface area contributed by atoms with Crippen LogP contribution in [0, 0.1) is 0 Å². The highest BCUT2D eigenvalue weighted by atomic mass is 32.1. The van der Waals surface area contributed by atoms with Crippen LogP contribution in [-0.4, -0.2) is 15.2 Å². The fraction of sp³-hybridized carbons (Fsp3) is 0.0625. The van der Waals surface area contributed by atoms with Gasteiger partial charge in [-0.25, -0.2) is 0 Å². The summed E-state index contributed by atoms with van der Waals surface area (Å²) in [6.07, 6.45) is 3.84. The van der Waals surface area contributed by atoms with Gasteiger partial charge in [-0.1, -0.05) is 6.07 Å². The Kier molecular flexibility index (Phi) is 2.97. The van der Waals surface area contributed by atoms with Crippen molar-refractivity contribution in [1.82, 2.24) is 15.2 Å². The number of fused-ring (bicyclic) bond motifs is 1. The quantitative estimate of drug-likeness (QED) is 0.527. The van der Waals surface area contributed by atoms with E-state index in [1.54, 1.807) is 11.3 Å². The summed E-state index contributed by atoms with van der Waals surface area (Å²) in [7, 11) is 0. The lowest BCUT2D eigenvalue weighted by atomic mass is 10.2. The summed E-state index contributed by atoms with van der Waals surface area (Å²) in [4.78, 5) is 4.42. The molecule has 3 N–H and O–H groups in total. The van der Waals surface area contributed by atoms with E-state index in [9.17, 15) is 0 Å². The number of anilines is 1. The van der Waals surface area contributed by atoms with Gasteiger partial charge in [0.2, 0.25) is 0 Å². The third-order valence-electron chi connectivity index (χ3n) is 3.52. The lowest BCUT2D eigenvalue weighted by Crippen LogP contribution is -1.99. The number of aromatic nitrogens is 3. The van der Waals surface area contributed by atoms with Crippen LogP contribution in [0.5, 0.6) is 0 Å². The Morgan fingerprint density at radius 3 is 3.10 bits per heavy atom. The van der Waals surface area contributed by atoms with E-state index in [0.29, 0.717) is 0 Å². The molecular formula is C16H14N4S. The van der Waals surface area contributed by atoms with Crippen LogP contribution in [-0.2, 0) is 6.54 Å². The van der Waals surface area contributed by atoms with E-state index < -0.39 is 0 Å². The number of nitrogens with zero attached hydrogens (tertiary/aromatic N) is 1. The van der Waals surface area contributed by atoms with Crippen molar-refractivity contribution in [3.8, 4) is 10.6 Å². The molecule has 0 atom stereocenters. The first-order valence-electron chi connectivity index (χ1n) is 6.77. The molecule has 0 aliphatic carbocycles. The first-order valence-corrected chi connectivity index (χ1v) is 7.65. The summed E-state index contributed by atoms with van der Waals surface area (Å²) in [5.74, 6) is 0. The predicted molar refractivity (Wildman–Crippen MR) is 87.5 cm³/mol. The normalized spacial score (nSPS) is 11.0. The summed E-state index contributed by atoms with van der Waals surface area (Å²) in [6, 6.07) is 12.6. The minimum atomic E-state index is 0.750. The van der Waals surface area contributed by atoms with Gasteiger partial charge in [-0.05, 0) is 35.7 Å². The second-order valence-electron chi connectivity index (χ2n) is 4.88. The smallest absolute Gasteiger partial charge is 0.0799 e. The molecule has 0 saturated carbocycles. The van der Waals surface area contributed by atoms with E-state index >= 15 is 0 Å². The Morgan fingerprint density at radius 1 is 1.19 bits per heavy atom. The topological polar surface area (TPSA) is 56.5 Å². The van der Waals surface area contributed by atoms with Crippen LogP contribution < -0.4 is 5.32 Å². The summed E-state index contributed by atoms with van der Waals surface area (Å²) in [5.41, 5.74) is 4.54. The summed E-state index contributed by atoms with van der Waals surface area (Å²) < 4.78 is 0. The van der Waals surface area contributed by atoms with Crippen molar-refractivity contribution in [3.05, 3.63) is 59.7 Å². The molecule has 3 heterocycles. The van der Waals surface area contributed by atoms with Crippen LogP contribution in [0.2, 0.25) is 0 Å². The molecule has 4 nitrogen and oxygen atoms in total. The van der Waals surface area contributed by atoms with Crippen molar-refractivity contribution in [2.75, 3.05) is 5.32 Å². The standard InChI is InChI=1S/C16H14N4S/c1-2-15(21-7-1)16-12(10-19-20-16)9-18-13-3-4-14-11(8-13)5-6-17-14/h1-8,10,17-18H,9H2,(H,19,20).